The second-order valence-corrected chi connectivity index (χ2v) is 6.79. The summed E-state index contributed by atoms with van der Waals surface area (Å²) in [5.41, 5.74) is 0.556. The van der Waals surface area contributed by atoms with Crippen molar-refractivity contribution in [1.29, 1.82) is 0 Å². The van der Waals surface area contributed by atoms with Crippen molar-refractivity contribution in [2.75, 3.05) is 11.9 Å². The fourth-order valence-corrected chi connectivity index (χ4v) is 3.52. The zero-order valence-electron chi connectivity index (χ0n) is 12.7. The molecule has 0 aliphatic heterocycles. The van der Waals surface area contributed by atoms with Crippen molar-refractivity contribution in [2.45, 2.75) is 51.6 Å². The second kappa shape index (κ2) is 7.59. The summed E-state index contributed by atoms with van der Waals surface area (Å²) in [5, 5.41) is 3.18. The molecule has 0 amide bonds. The van der Waals surface area contributed by atoms with Crippen molar-refractivity contribution >= 4 is 15.7 Å². The molecule has 0 aromatic carbocycles. The lowest BCUT2D eigenvalue weighted by atomic mass is 10.0. The Morgan fingerprint density at radius 1 is 1.30 bits per heavy atom. The van der Waals surface area contributed by atoms with Gasteiger partial charge in [0.05, 0.1) is 5.69 Å². The average Bonchev–Trinajstić information content (AvgIpc) is 2.42. The summed E-state index contributed by atoms with van der Waals surface area (Å²) in [4.78, 5) is 4.04. The van der Waals surface area contributed by atoms with E-state index < -0.39 is 10.0 Å². The van der Waals surface area contributed by atoms with E-state index in [1.165, 1.54) is 6.20 Å². The number of sulfonamides is 1. The van der Waals surface area contributed by atoms with Crippen molar-refractivity contribution in [2.24, 2.45) is 5.92 Å². The smallest absolute Gasteiger partial charge is 0.260 e. The number of aromatic nitrogens is 1. The maximum Gasteiger partial charge on any atom is 0.260 e. The van der Waals surface area contributed by atoms with Crippen LogP contribution in [0.1, 0.15) is 40.5 Å². The van der Waals surface area contributed by atoms with Crippen molar-refractivity contribution in [3.63, 3.8) is 0 Å². The Balaban J connectivity index is 3.02. The molecule has 6 heteroatoms. The van der Waals surface area contributed by atoms with Crippen LogP contribution in [0.4, 0.5) is 5.69 Å². The first-order valence-electron chi connectivity index (χ1n) is 7.13. The number of nitrogens with zero attached hydrogens (tertiary/aromatic N) is 1. The lowest BCUT2D eigenvalue weighted by molar-refractivity contribution is 0.436. The Kier molecular flexibility index (Phi) is 6.42. The zero-order chi connectivity index (χ0) is 15.2. The molecule has 114 valence electrons. The molecule has 0 aliphatic rings. The minimum Gasteiger partial charge on any atom is -0.383 e. The topological polar surface area (TPSA) is 71.1 Å². The zero-order valence-corrected chi connectivity index (χ0v) is 13.5. The van der Waals surface area contributed by atoms with Gasteiger partial charge in [-0.1, -0.05) is 27.7 Å². The summed E-state index contributed by atoms with van der Waals surface area (Å²) in [5.74, 6) is 0.241. The van der Waals surface area contributed by atoms with Gasteiger partial charge in [-0.3, -0.25) is 0 Å². The SMILES string of the molecule is CCCNc1cccnc1S(=O)(=O)NC(CC)C(C)C. The van der Waals surface area contributed by atoms with Crippen LogP contribution in [0.2, 0.25) is 0 Å². The predicted octanol–water partition coefficient (Wildman–Crippen LogP) is 2.62. The Bertz CT molecular complexity index is 515. The predicted molar refractivity (Wildman–Crippen MR) is 82.3 cm³/mol. The fraction of sp³-hybridized carbons (Fsp3) is 0.643. The molecule has 0 saturated heterocycles. The van der Waals surface area contributed by atoms with Gasteiger partial charge in [0.15, 0.2) is 5.03 Å². The van der Waals surface area contributed by atoms with Gasteiger partial charge in [-0.25, -0.2) is 18.1 Å². The summed E-state index contributed by atoms with van der Waals surface area (Å²) < 4.78 is 27.7. The summed E-state index contributed by atoms with van der Waals surface area (Å²) in [6.45, 7) is 8.73. The van der Waals surface area contributed by atoms with Crippen LogP contribution < -0.4 is 10.0 Å². The molecule has 0 saturated carbocycles. The molecule has 0 aliphatic carbocycles. The summed E-state index contributed by atoms with van der Waals surface area (Å²) >= 11 is 0. The first kappa shape index (κ1) is 16.9. The van der Waals surface area contributed by atoms with Crippen molar-refractivity contribution in [1.82, 2.24) is 9.71 Å². The molecule has 20 heavy (non-hydrogen) atoms. The third kappa shape index (κ3) is 4.45. The van der Waals surface area contributed by atoms with Gasteiger partial charge in [0.2, 0.25) is 0 Å². The van der Waals surface area contributed by atoms with Gasteiger partial charge in [-0.2, -0.15) is 0 Å². The minimum atomic E-state index is -3.60. The van der Waals surface area contributed by atoms with E-state index in [0.29, 0.717) is 5.69 Å². The van der Waals surface area contributed by atoms with Crippen molar-refractivity contribution < 1.29 is 8.42 Å². The van der Waals surface area contributed by atoms with Gasteiger partial charge in [-0.05, 0) is 30.9 Å². The second-order valence-electron chi connectivity index (χ2n) is 5.16. The van der Waals surface area contributed by atoms with E-state index in [4.69, 9.17) is 0 Å². The third-order valence-electron chi connectivity index (χ3n) is 3.14. The summed E-state index contributed by atoms with van der Waals surface area (Å²) in [7, 11) is -3.60. The monoisotopic (exact) mass is 299 g/mol. The van der Waals surface area contributed by atoms with Gasteiger partial charge >= 0.3 is 0 Å². The molecule has 1 aromatic heterocycles. The van der Waals surface area contributed by atoms with Crippen molar-refractivity contribution in [3.8, 4) is 0 Å². The number of pyridine rings is 1. The highest BCUT2D eigenvalue weighted by Crippen LogP contribution is 2.19. The molecule has 1 heterocycles. The third-order valence-corrected chi connectivity index (χ3v) is 4.59. The molecule has 1 rings (SSSR count). The van der Waals surface area contributed by atoms with Gasteiger partial charge in [0.25, 0.3) is 10.0 Å². The highest BCUT2D eigenvalue weighted by Gasteiger charge is 2.24. The molecule has 1 atom stereocenters. The first-order valence-corrected chi connectivity index (χ1v) is 8.61. The van der Waals surface area contributed by atoms with E-state index in [0.717, 1.165) is 19.4 Å². The molecular formula is C14H25N3O2S. The van der Waals surface area contributed by atoms with E-state index in [1.807, 2.05) is 27.7 Å². The van der Waals surface area contributed by atoms with E-state index in [1.54, 1.807) is 12.1 Å². The molecule has 5 nitrogen and oxygen atoms in total. The van der Waals surface area contributed by atoms with Crippen LogP contribution >= 0.6 is 0 Å². The Labute approximate surface area is 122 Å². The molecule has 0 fully saturated rings. The summed E-state index contributed by atoms with van der Waals surface area (Å²) in [6, 6.07) is 3.39. The molecule has 2 N–H and O–H groups in total. The van der Waals surface area contributed by atoms with E-state index >= 15 is 0 Å². The Morgan fingerprint density at radius 3 is 2.55 bits per heavy atom. The largest absolute Gasteiger partial charge is 0.383 e. The van der Waals surface area contributed by atoms with Gasteiger partial charge in [-0.15, -0.1) is 0 Å². The number of nitrogens with one attached hydrogen (secondary N) is 2. The molecule has 1 aromatic rings. The van der Waals surface area contributed by atoms with Crippen LogP contribution in [0.25, 0.3) is 0 Å². The maximum atomic E-state index is 12.5. The quantitative estimate of drug-likeness (QED) is 0.774. The summed E-state index contributed by atoms with van der Waals surface area (Å²) in [6.07, 6.45) is 3.18. The lowest BCUT2D eigenvalue weighted by Crippen LogP contribution is -2.38. The normalized spacial score (nSPS) is 13.4. The molecule has 0 bridgehead atoms. The van der Waals surface area contributed by atoms with Gasteiger partial charge in [0.1, 0.15) is 0 Å². The maximum absolute atomic E-state index is 12.5. The van der Waals surface area contributed by atoms with E-state index in [-0.39, 0.29) is 17.0 Å². The molecule has 1 unspecified atom stereocenters. The van der Waals surface area contributed by atoms with Crippen LogP contribution in [0.15, 0.2) is 23.4 Å². The molecule has 0 radical (unpaired) electrons. The first-order chi connectivity index (χ1) is 9.42. The highest BCUT2D eigenvalue weighted by atomic mass is 32.2. The van der Waals surface area contributed by atoms with Crippen LogP contribution in [-0.4, -0.2) is 26.0 Å². The number of rotatable bonds is 8. The number of hydrogen-bond donors (Lipinski definition) is 2. The molecular weight excluding hydrogens is 274 g/mol. The fourth-order valence-electron chi connectivity index (χ4n) is 1.95. The number of hydrogen-bond acceptors (Lipinski definition) is 4. The van der Waals surface area contributed by atoms with Crippen LogP contribution in [0.3, 0.4) is 0 Å². The minimum absolute atomic E-state index is 0.0764. The van der Waals surface area contributed by atoms with Crippen molar-refractivity contribution in [3.05, 3.63) is 18.3 Å². The lowest BCUT2D eigenvalue weighted by Gasteiger charge is -2.21. The number of anilines is 1. The van der Waals surface area contributed by atoms with Gasteiger partial charge < -0.3 is 5.32 Å². The Hall–Kier alpha value is -1.14. The highest BCUT2D eigenvalue weighted by molar-refractivity contribution is 7.89. The van der Waals surface area contributed by atoms with Gasteiger partial charge in [0, 0.05) is 18.8 Å². The standard InChI is InChI=1S/C14H25N3O2S/c1-5-9-15-13-8-7-10-16-14(13)20(18,19)17-12(6-2)11(3)4/h7-8,10-12,15,17H,5-6,9H2,1-4H3. The molecule has 0 spiro atoms. The van der Waals surface area contributed by atoms with E-state index in [9.17, 15) is 8.42 Å². The Morgan fingerprint density at radius 2 is 2.00 bits per heavy atom. The van der Waals surface area contributed by atoms with E-state index in [2.05, 4.69) is 15.0 Å². The average molecular weight is 299 g/mol. The van der Waals surface area contributed by atoms with Crippen LogP contribution in [0, 0.1) is 5.92 Å². The van der Waals surface area contributed by atoms with Crippen LogP contribution in [0.5, 0.6) is 0 Å². The van der Waals surface area contributed by atoms with Crippen LogP contribution in [-0.2, 0) is 10.0 Å².